The molecule has 1 aliphatic heterocycles. The number of benzene rings is 3. The fourth-order valence-electron chi connectivity index (χ4n) is 4.64. The molecule has 3 aromatic carbocycles. The Morgan fingerprint density at radius 2 is 1.52 bits per heavy atom. The lowest BCUT2D eigenvalue weighted by atomic mass is 9.92. The van der Waals surface area contributed by atoms with Crippen molar-refractivity contribution < 1.29 is 28.1 Å². The predicted octanol–water partition coefficient (Wildman–Crippen LogP) is 8.03. The zero-order valence-electron chi connectivity index (χ0n) is 26.1. The lowest BCUT2D eigenvalue weighted by molar-refractivity contribution is 0.282. The van der Waals surface area contributed by atoms with E-state index in [2.05, 4.69) is 55.9 Å². The second kappa shape index (κ2) is 13.0. The van der Waals surface area contributed by atoms with Crippen LogP contribution in [0.2, 0.25) is 18.1 Å². The summed E-state index contributed by atoms with van der Waals surface area (Å²) in [6, 6.07) is 13.9. The summed E-state index contributed by atoms with van der Waals surface area (Å²) >= 11 is 3.82. The van der Waals surface area contributed by atoms with E-state index in [1.807, 2.05) is 36.4 Å². The summed E-state index contributed by atoms with van der Waals surface area (Å²) in [5, 5.41) is 0.00598. The van der Waals surface area contributed by atoms with E-state index in [1.165, 1.54) is 0 Å². The first-order chi connectivity index (χ1) is 19.9. The van der Waals surface area contributed by atoms with Crippen LogP contribution in [0, 0.1) is 0 Å². The molecular weight excluding hydrogens is 614 g/mol. The maximum Gasteiger partial charge on any atom is 0.250 e. The maximum atomic E-state index is 6.82. The highest BCUT2D eigenvalue weighted by Gasteiger charge is 2.41. The van der Waals surface area contributed by atoms with Crippen LogP contribution in [0.25, 0.3) is 0 Å². The van der Waals surface area contributed by atoms with Crippen LogP contribution in [0.4, 0.5) is 0 Å². The van der Waals surface area contributed by atoms with Crippen LogP contribution >= 0.6 is 15.9 Å². The van der Waals surface area contributed by atoms with Crippen LogP contribution in [-0.2, 0) is 19.4 Å². The molecular formula is C33H42BrNO6Si. The van der Waals surface area contributed by atoms with Crippen LogP contribution in [0.15, 0.2) is 51.9 Å². The zero-order valence-corrected chi connectivity index (χ0v) is 28.7. The van der Waals surface area contributed by atoms with E-state index in [4.69, 9.17) is 33.1 Å². The van der Waals surface area contributed by atoms with E-state index in [9.17, 15) is 0 Å². The first kappa shape index (κ1) is 31.8. The standard InChI is InChI=1S/C33H42BrNO6Si/c1-33(2,3)42(8,9)41-31-27(38-6)19-22-16-17-35-25(28(22)32(31)39-7)18-23-12-15-26(37-5)30(29(23)34)40-20-21-10-13-24(36-4)14-11-21/h10-15,19H,16-18,20H2,1-9H3. The van der Waals surface area contributed by atoms with Gasteiger partial charge in [-0.05, 0) is 81.4 Å². The Morgan fingerprint density at radius 1 is 0.833 bits per heavy atom. The van der Waals surface area contributed by atoms with Crippen molar-refractivity contribution in [3.05, 3.63) is 69.2 Å². The quantitative estimate of drug-likeness (QED) is 0.195. The van der Waals surface area contributed by atoms with Gasteiger partial charge in [-0.15, -0.1) is 0 Å². The molecule has 0 amide bonds. The molecule has 226 valence electrons. The van der Waals surface area contributed by atoms with Crippen molar-refractivity contribution in [3.8, 4) is 34.5 Å². The Labute approximate surface area is 259 Å². The van der Waals surface area contributed by atoms with Crippen molar-refractivity contribution in [1.82, 2.24) is 0 Å². The van der Waals surface area contributed by atoms with Crippen LogP contribution in [0.5, 0.6) is 34.5 Å². The first-order valence-corrected chi connectivity index (χ1v) is 17.8. The molecule has 0 spiro atoms. The summed E-state index contributed by atoms with van der Waals surface area (Å²) in [4.78, 5) is 4.99. The average Bonchev–Trinajstić information content (AvgIpc) is 2.96. The first-order valence-electron chi connectivity index (χ1n) is 14.1. The molecule has 0 unspecified atom stereocenters. The molecule has 42 heavy (non-hydrogen) atoms. The Balaban J connectivity index is 1.71. The van der Waals surface area contributed by atoms with Gasteiger partial charge in [-0.25, -0.2) is 0 Å². The summed E-state index contributed by atoms with van der Waals surface area (Å²) in [6.07, 6.45) is 1.37. The normalized spacial score (nSPS) is 13.1. The monoisotopic (exact) mass is 655 g/mol. The highest BCUT2D eigenvalue weighted by atomic mass is 79.9. The van der Waals surface area contributed by atoms with Gasteiger partial charge in [0, 0.05) is 18.5 Å². The van der Waals surface area contributed by atoms with Gasteiger partial charge in [-0.2, -0.15) is 0 Å². The van der Waals surface area contributed by atoms with Gasteiger partial charge < -0.3 is 28.1 Å². The van der Waals surface area contributed by atoms with Crippen molar-refractivity contribution in [2.75, 3.05) is 35.0 Å². The van der Waals surface area contributed by atoms with E-state index in [1.54, 1.807) is 28.4 Å². The van der Waals surface area contributed by atoms with Crippen molar-refractivity contribution in [2.24, 2.45) is 4.99 Å². The summed E-state index contributed by atoms with van der Waals surface area (Å²) in [6.45, 7) is 12.2. The smallest absolute Gasteiger partial charge is 0.250 e. The van der Waals surface area contributed by atoms with E-state index < -0.39 is 8.32 Å². The minimum absolute atomic E-state index is 0.00598. The van der Waals surface area contributed by atoms with Crippen molar-refractivity contribution in [3.63, 3.8) is 0 Å². The van der Waals surface area contributed by atoms with Crippen LogP contribution < -0.4 is 28.1 Å². The van der Waals surface area contributed by atoms with Gasteiger partial charge in [-0.3, -0.25) is 4.99 Å². The molecule has 0 saturated carbocycles. The van der Waals surface area contributed by atoms with E-state index in [0.29, 0.717) is 48.3 Å². The summed E-state index contributed by atoms with van der Waals surface area (Å²) < 4.78 is 36.8. The molecule has 0 saturated heterocycles. The van der Waals surface area contributed by atoms with Crippen LogP contribution in [0.1, 0.15) is 43.0 Å². The third kappa shape index (κ3) is 6.57. The molecule has 1 heterocycles. The number of methoxy groups -OCH3 is 4. The second-order valence-electron chi connectivity index (χ2n) is 11.8. The minimum atomic E-state index is -2.20. The molecule has 0 N–H and O–H groups in total. The second-order valence-corrected chi connectivity index (χ2v) is 17.3. The number of nitrogens with zero attached hydrogens (tertiary/aromatic N) is 1. The van der Waals surface area contributed by atoms with Crippen LogP contribution in [-0.4, -0.2) is 49.0 Å². The topological polar surface area (TPSA) is 67.7 Å². The number of hydrogen-bond donors (Lipinski definition) is 0. The zero-order chi connectivity index (χ0) is 30.7. The Hall–Kier alpha value is -3.17. The molecule has 0 atom stereocenters. The van der Waals surface area contributed by atoms with Crippen molar-refractivity contribution in [2.45, 2.75) is 58.4 Å². The number of rotatable bonds is 11. The molecule has 0 aliphatic carbocycles. The number of hydrogen-bond acceptors (Lipinski definition) is 7. The fraction of sp³-hybridized carbons (Fsp3) is 0.424. The van der Waals surface area contributed by atoms with Crippen molar-refractivity contribution >= 4 is 30.0 Å². The van der Waals surface area contributed by atoms with Crippen LogP contribution in [0.3, 0.4) is 0 Å². The van der Waals surface area contributed by atoms with Gasteiger partial charge in [0.2, 0.25) is 0 Å². The summed E-state index contributed by atoms with van der Waals surface area (Å²) in [7, 11) is 4.47. The molecule has 3 aromatic rings. The molecule has 0 aromatic heterocycles. The van der Waals surface area contributed by atoms with E-state index >= 15 is 0 Å². The number of ether oxygens (including phenoxy) is 5. The van der Waals surface area contributed by atoms with Crippen molar-refractivity contribution in [1.29, 1.82) is 0 Å². The maximum absolute atomic E-state index is 6.82. The van der Waals surface area contributed by atoms with E-state index in [-0.39, 0.29) is 5.04 Å². The lowest BCUT2D eigenvalue weighted by Crippen LogP contribution is -2.44. The van der Waals surface area contributed by atoms with Gasteiger partial charge in [0.1, 0.15) is 12.4 Å². The highest BCUT2D eigenvalue weighted by Crippen LogP contribution is 2.48. The van der Waals surface area contributed by atoms with Gasteiger partial charge in [0.25, 0.3) is 8.32 Å². The largest absolute Gasteiger partial charge is 0.539 e. The minimum Gasteiger partial charge on any atom is -0.539 e. The average molecular weight is 657 g/mol. The molecule has 1 aliphatic rings. The number of aliphatic imine (C=N–C) groups is 1. The van der Waals surface area contributed by atoms with Gasteiger partial charge >= 0.3 is 0 Å². The predicted molar refractivity (Wildman–Crippen MR) is 174 cm³/mol. The number of fused-ring (bicyclic) bond motifs is 1. The molecule has 9 heteroatoms. The van der Waals surface area contributed by atoms with Gasteiger partial charge in [0.15, 0.2) is 28.7 Å². The highest BCUT2D eigenvalue weighted by molar-refractivity contribution is 9.10. The van der Waals surface area contributed by atoms with E-state index in [0.717, 1.165) is 44.6 Å². The molecule has 0 bridgehead atoms. The molecule has 7 nitrogen and oxygen atoms in total. The Morgan fingerprint density at radius 3 is 2.12 bits per heavy atom. The summed E-state index contributed by atoms with van der Waals surface area (Å²) in [5.74, 6) is 4.12. The number of halogens is 1. The SMILES string of the molecule is COc1ccc(COc2c(OC)ccc(CC3=NCCc4cc(OC)c(O[Si](C)(C)C(C)(C)C)c(OC)c43)c2Br)cc1. The third-order valence-corrected chi connectivity index (χ3v) is 13.3. The lowest BCUT2D eigenvalue weighted by Gasteiger charge is -2.37. The third-order valence-electron chi connectivity index (χ3n) is 8.10. The molecule has 0 fully saturated rings. The molecule has 0 radical (unpaired) electrons. The summed E-state index contributed by atoms with van der Waals surface area (Å²) in [5.41, 5.74) is 5.09. The Kier molecular flexibility index (Phi) is 9.83. The fourth-order valence-corrected chi connectivity index (χ4v) is 6.23. The van der Waals surface area contributed by atoms with Gasteiger partial charge in [-0.1, -0.05) is 39.0 Å². The molecule has 4 rings (SSSR count). The Bertz CT molecular complexity index is 1450. The van der Waals surface area contributed by atoms with Gasteiger partial charge in [0.05, 0.1) is 38.6 Å².